The van der Waals surface area contributed by atoms with Crippen molar-refractivity contribution >= 4 is 23.4 Å². The zero-order valence-electron chi connectivity index (χ0n) is 17.7. The first-order valence-electron chi connectivity index (χ1n) is 9.37. The molecule has 154 valence electrons. The standard InChI is InChI=1S/C19H35N5O2S/c1-18(2,3)14-13-27-15(24-14)9-12-22-16(20-7)21-10-8-11-23-17(25)26-19(4,5)6/h13H,8-12H2,1-7H3,(H,23,25)(H2,20,21,22). The summed E-state index contributed by atoms with van der Waals surface area (Å²) in [5.41, 5.74) is 0.759. The van der Waals surface area contributed by atoms with Crippen molar-refractivity contribution in [1.29, 1.82) is 0 Å². The largest absolute Gasteiger partial charge is 0.444 e. The van der Waals surface area contributed by atoms with E-state index in [4.69, 9.17) is 9.72 Å². The maximum Gasteiger partial charge on any atom is 0.407 e. The van der Waals surface area contributed by atoms with Gasteiger partial charge in [0.2, 0.25) is 0 Å². The molecular weight excluding hydrogens is 362 g/mol. The van der Waals surface area contributed by atoms with E-state index in [0.717, 1.165) is 36.0 Å². The lowest BCUT2D eigenvalue weighted by Crippen LogP contribution is -2.40. The topological polar surface area (TPSA) is 87.6 Å². The van der Waals surface area contributed by atoms with Gasteiger partial charge in [-0.15, -0.1) is 11.3 Å². The number of aromatic nitrogens is 1. The molecule has 0 radical (unpaired) electrons. The molecule has 0 saturated heterocycles. The fourth-order valence-electron chi connectivity index (χ4n) is 2.08. The second kappa shape index (κ2) is 10.5. The minimum atomic E-state index is -0.473. The highest BCUT2D eigenvalue weighted by Gasteiger charge is 2.17. The van der Waals surface area contributed by atoms with Crippen LogP contribution in [-0.4, -0.2) is 49.3 Å². The van der Waals surface area contributed by atoms with E-state index in [-0.39, 0.29) is 11.5 Å². The van der Waals surface area contributed by atoms with Crippen molar-refractivity contribution in [2.24, 2.45) is 4.99 Å². The molecule has 1 aromatic heterocycles. The van der Waals surface area contributed by atoms with Gasteiger partial charge in [-0.2, -0.15) is 0 Å². The first-order valence-corrected chi connectivity index (χ1v) is 10.3. The lowest BCUT2D eigenvalue weighted by Gasteiger charge is -2.19. The number of rotatable bonds is 7. The van der Waals surface area contributed by atoms with Crippen LogP contribution in [0.5, 0.6) is 0 Å². The van der Waals surface area contributed by atoms with Crippen molar-refractivity contribution in [3.05, 3.63) is 16.1 Å². The van der Waals surface area contributed by atoms with Gasteiger partial charge in [0.05, 0.1) is 10.7 Å². The van der Waals surface area contributed by atoms with Crippen LogP contribution in [0, 0.1) is 0 Å². The summed E-state index contributed by atoms with van der Waals surface area (Å²) >= 11 is 1.70. The van der Waals surface area contributed by atoms with Crippen molar-refractivity contribution < 1.29 is 9.53 Å². The summed E-state index contributed by atoms with van der Waals surface area (Å²) in [5.74, 6) is 0.750. The van der Waals surface area contributed by atoms with Crippen molar-refractivity contribution in [3.63, 3.8) is 0 Å². The molecule has 0 spiro atoms. The fraction of sp³-hybridized carbons (Fsp3) is 0.737. The van der Waals surface area contributed by atoms with Gasteiger partial charge in [0.1, 0.15) is 5.60 Å². The van der Waals surface area contributed by atoms with Crippen LogP contribution >= 0.6 is 11.3 Å². The zero-order valence-corrected chi connectivity index (χ0v) is 18.5. The Balaban J connectivity index is 2.20. The fourth-order valence-corrected chi connectivity index (χ4v) is 3.10. The van der Waals surface area contributed by atoms with Gasteiger partial charge < -0.3 is 20.7 Å². The Morgan fingerprint density at radius 1 is 1.11 bits per heavy atom. The Kier molecular flexibility index (Phi) is 9.02. The smallest absolute Gasteiger partial charge is 0.407 e. The van der Waals surface area contributed by atoms with E-state index in [9.17, 15) is 4.79 Å². The average molecular weight is 398 g/mol. The molecule has 0 aliphatic heterocycles. The molecule has 1 aromatic rings. The molecule has 7 nitrogen and oxygen atoms in total. The highest BCUT2D eigenvalue weighted by atomic mass is 32.1. The van der Waals surface area contributed by atoms with Crippen LogP contribution in [0.25, 0.3) is 0 Å². The molecule has 0 fully saturated rings. The Bertz CT molecular complexity index is 614. The van der Waals surface area contributed by atoms with Crippen LogP contribution in [-0.2, 0) is 16.6 Å². The predicted molar refractivity (Wildman–Crippen MR) is 113 cm³/mol. The number of amides is 1. The maximum absolute atomic E-state index is 11.6. The van der Waals surface area contributed by atoms with E-state index in [0.29, 0.717) is 13.1 Å². The summed E-state index contributed by atoms with van der Waals surface area (Å²) in [6.07, 6.45) is 1.26. The molecule has 8 heteroatoms. The van der Waals surface area contributed by atoms with Gasteiger partial charge in [-0.05, 0) is 27.2 Å². The molecule has 0 saturated carbocycles. The highest BCUT2D eigenvalue weighted by Crippen LogP contribution is 2.23. The highest BCUT2D eigenvalue weighted by molar-refractivity contribution is 7.09. The number of carbonyl (C=O) groups is 1. The number of hydrogen-bond acceptors (Lipinski definition) is 5. The molecule has 0 unspecified atom stereocenters. The van der Waals surface area contributed by atoms with Crippen molar-refractivity contribution in [3.8, 4) is 0 Å². The number of ether oxygens (including phenoxy) is 1. The van der Waals surface area contributed by atoms with E-state index < -0.39 is 5.60 Å². The molecule has 0 aromatic carbocycles. The van der Waals surface area contributed by atoms with Crippen molar-refractivity contribution in [2.75, 3.05) is 26.7 Å². The summed E-state index contributed by atoms with van der Waals surface area (Å²) in [4.78, 5) is 20.5. The predicted octanol–water partition coefficient (Wildman–Crippen LogP) is 3.06. The summed E-state index contributed by atoms with van der Waals surface area (Å²) in [6, 6.07) is 0. The second-order valence-electron chi connectivity index (χ2n) is 8.33. The van der Waals surface area contributed by atoms with Gasteiger partial charge in [0, 0.05) is 43.9 Å². The average Bonchev–Trinajstić information content (AvgIpc) is 3.00. The second-order valence-corrected chi connectivity index (χ2v) is 9.28. The van der Waals surface area contributed by atoms with Gasteiger partial charge >= 0.3 is 6.09 Å². The zero-order chi connectivity index (χ0) is 20.5. The third kappa shape index (κ3) is 10.2. The number of alkyl carbamates (subject to hydrolysis) is 1. The summed E-state index contributed by atoms with van der Waals surface area (Å²) in [7, 11) is 1.75. The summed E-state index contributed by atoms with van der Waals surface area (Å²) in [5, 5.41) is 12.5. The quantitative estimate of drug-likeness (QED) is 0.374. The van der Waals surface area contributed by atoms with E-state index in [1.54, 1.807) is 18.4 Å². The van der Waals surface area contributed by atoms with Crippen LogP contribution in [0.3, 0.4) is 0 Å². The van der Waals surface area contributed by atoms with Gasteiger partial charge in [-0.1, -0.05) is 20.8 Å². The molecule has 0 aliphatic rings. The van der Waals surface area contributed by atoms with E-state index in [1.165, 1.54) is 0 Å². The van der Waals surface area contributed by atoms with Crippen LogP contribution in [0.1, 0.15) is 58.7 Å². The lowest BCUT2D eigenvalue weighted by molar-refractivity contribution is 0.0527. The Morgan fingerprint density at radius 3 is 2.30 bits per heavy atom. The van der Waals surface area contributed by atoms with Crippen molar-refractivity contribution in [2.45, 2.75) is 65.4 Å². The number of nitrogens with zero attached hydrogens (tertiary/aromatic N) is 2. The van der Waals surface area contributed by atoms with Gasteiger partial charge in [0.15, 0.2) is 5.96 Å². The minimum absolute atomic E-state index is 0.0904. The van der Waals surface area contributed by atoms with E-state index in [2.05, 4.69) is 47.1 Å². The van der Waals surface area contributed by atoms with Gasteiger partial charge in [-0.25, -0.2) is 9.78 Å². The monoisotopic (exact) mass is 397 g/mol. The number of thiazole rings is 1. The molecule has 0 bridgehead atoms. The maximum atomic E-state index is 11.6. The number of guanidine groups is 1. The molecule has 3 N–H and O–H groups in total. The number of aliphatic imine (C=N–C) groups is 1. The van der Waals surface area contributed by atoms with Crippen LogP contribution < -0.4 is 16.0 Å². The molecule has 1 amide bonds. The molecule has 0 aliphatic carbocycles. The minimum Gasteiger partial charge on any atom is -0.444 e. The van der Waals surface area contributed by atoms with E-state index >= 15 is 0 Å². The normalized spacial score (nSPS) is 12.6. The lowest BCUT2D eigenvalue weighted by atomic mass is 9.93. The molecule has 1 rings (SSSR count). The number of carbonyl (C=O) groups excluding carboxylic acids is 1. The van der Waals surface area contributed by atoms with Crippen LogP contribution in [0.2, 0.25) is 0 Å². The van der Waals surface area contributed by atoms with Gasteiger partial charge in [-0.3, -0.25) is 4.99 Å². The summed E-state index contributed by atoms with van der Waals surface area (Å²) < 4.78 is 5.19. The first-order chi connectivity index (χ1) is 12.5. The third-order valence-corrected chi connectivity index (χ3v) is 4.40. The molecule has 1 heterocycles. The number of hydrogen-bond donors (Lipinski definition) is 3. The van der Waals surface area contributed by atoms with E-state index in [1.807, 2.05) is 20.8 Å². The third-order valence-electron chi connectivity index (χ3n) is 3.49. The van der Waals surface area contributed by atoms with Gasteiger partial charge in [0.25, 0.3) is 0 Å². The first kappa shape index (κ1) is 23.2. The molecule has 0 atom stereocenters. The summed E-state index contributed by atoms with van der Waals surface area (Å²) in [6.45, 7) is 14.1. The Hall–Kier alpha value is -1.83. The molecule has 27 heavy (non-hydrogen) atoms. The van der Waals surface area contributed by atoms with Crippen LogP contribution in [0.4, 0.5) is 4.79 Å². The SMILES string of the molecule is CN=C(NCCCNC(=O)OC(C)(C)C)NCCc1nc(C(C)(C)C)cs1. The van der Waals surface area contributed by atoms with Crippen molar-refractivity contribution in [1.82, 2.24) is 20.9 Å². The Morgan fingerprint density at radius 2 is 1.74 bits per heavy atom. The van der Waals surface area contributed by atoms with Crippen LogP contribution in [0.15, 0.2) is 10.4 Å². The molecular formula is C19H35N5O2S. The number of nitrogens with one attached hydrogen (secondary N) is 3. The Labute approximate surface area is 167 Å².